The summed E-state index contributed by atoms with van der Waals surface area (Å²) in [4.78, 5) is 0. The van der Waals surface area contributed by atoms with Crippen molar-refractivity contribution < 1.29 is 4.74 Å². The lowest BCUT2D eigenvalue weighted by molar-refractivity contribution is 0.300. The van der Waals surface area contributed by atoms with Crippen LogP contribution in [0.3, 0.4) is 0 Å². The van der Waals surface area contributed by atoms with Crippen molar-refractivity contribution in [1.82, 2.24) is 9.78 Å². The summed E-state index contributed by atoms with van der Waals surface area (Å²) in [6, 6.07) is 38.5. The molecule has 4 heteroatoms. The first-order valence-electron chi connectivity index (χ1n) is 11.7. The van der Waals surface area contributed by atoms with Gasteiger partial charge >= 0.3 is 0 Å². The van der Waals surface area contributed by atoms with Crippen LogP contribution in [0, 0.1) is 9.62 Å². The minimum atomic E-state index is -0.623. The number of hydrogen-bond acceptors (Lipinski definition) is 2. The number of hydrogen-bond donors (Lipinski definition) is 0. The topological polar surface area (TPSA) is 27.1 Å². The second-order valence-corrected chi connectivity index (χ2v) is 9.97. The molecule has 0 radical (unpaired) electrons. The maximum absolute atomic E-state index is 6.10. The van der Waals surface area contributed by atoms with Gasteiger partial charge in [0.1, 0.15) is 15.0 Å². The summed E-state index contributed by atoms with van der Waals surface area (Å²) in [7, 11) is 0. The van der Waals surface area contributed by atoms with Crippen LogP contribution in [-0.4, -0.2) is 16.4 Å². The molecule has 1 fully saturated rings. The number of halogens is 1. The number of fused-ring (bicyclic) bond motifs is 1. The van der Waals surface area contributed by atoms with Crippen LogP contribution in [0.25, 0.3) is 10.9 Å². The summed E-state index contributed by atoms with van der Waals surface area (Å²) in [5.41, 5.74) is 3.97. The Labute approximate surface area is 213 Å². The van der Waals surface area contributed by atoms with E-state index in [-0.39, 0.29) is 0 Å². The predicted octanol–water partition coefficient (Wildman–Crippen LogP) is 7.27. The first-order valence-corrected chi connectivity index (χ1v) is 12.8. The quantitative estimate of drug-likeness (QED) is 0.156. The average Bonchev–Trinajstić information content (AvgIpc) is 3.68. The van der Waals surface area contributed by atoms with E-state index in [0.717, 1.165) is 32.9 Å². The molecule has 0 spiro atoms. The number of benzene rings is 4. The van der Waals surface area contributed by atoms with Gasteiger partial charge in [-0.25, -0.2) is 4.68 Å². The summed E-state index contributed by atoms with van der Waals surface area (Å²) >= 11 is 2.36. The van der Waals surface area contributed by atoms with Gasteiger partial charge in [0, 0.05) is 5.39 Å². The molecular weight excluding hydrogens is 531 g/mol. The van der Waals surface area contributed by atoms with E-state index >= 15 is 0 Å². The van der Waals surface area contributed by atoms with Crippen LogP contribution < -0.4 is 4.74 Å². The van der Waals surface area contributed by atoms with Gasteiger partial charge in [-0.15, -0.1) is 0 Å². The fourth-order valence-electron chi connectivity index (χ4n) is 4.81. The lowest BCUT2D eigenvalue weighted by Gasteiger charge is -2.37. The highest BCUT2D eigenvalue weighted by atomic mass is 127. The third-order valence-electron chi connectivity index (χ3n) is 6.68. The zero-order valence-electron chi connectivity index (χ0n) is 18.8. The van der Waals surface area contributed by atoms with Crippen molar-refractivity contribution in [2.75, 3.05) is 6.61 Å². The molecule has 168 valence electrons. The number of ether oxygens (including phenoxy) is 1. The predicted molar refractivity (Wildman–Crippen MR) is 145 cm³/mol. The van der Waals surface area contributed by atoms with Crippen LogP contribution in [-0.2, 0) is 5.54 Å². The average molecular weight is 556 g/mol. The smallest absolute Gasteiger partial charge is 0.138 e. The van der Waals surface area contributed by atoms with Gasteiger partial charge in [-0.2, -0.15) is 5.10 Å². The van der Waals surface area contributed by atoms with Crippen LogP contribution in [0.5, 0.6) is 5.75 Å². The fourth-order valence-corrected chi connectivity index (χ4v) is 5.46. The lowest BCUT2D eigenvalue weighted by atomic mass is 9.77. The van der Waals surface area contributed by atoms with Crippen molar-refractivity contribution in [3.8, 4) is 5.75 Å². The molecule has 5 aromatic rings. The molecule has 0 bridgehead atoms. The lowest BCUT2D eigenvalue weighted by Crippen LogP contribution is -2.38. The fraction of sp³-hybridized carbons (Fsp3) is 0.167. The Bertz CT molecular complexity index is 1310. The third kappa shape index (κ3) is 3.70. The molecule has 0 amide bonds. The highest BCUT2D eigenvalue weighted by Gasteiger charge is 2.40. The van der Waals surface area contributed by atoms with Gasteiger partial charge in [0.05, 0.1) is 12.1 Å². The Balaban J connectivity index is 1.63. The van der Waals surface area contributed by atoms with Crippen LogP contribution in [0.1, 0.15) is 29.5 Å². The Morgan fingerprint density at radius 2 is 1.29 bits per heavy atom. The van der Waals surface area contributed by atoms with Crippen molar-refractivity contribution in [2.45, 2.75) is 18.4 Å². The Morgan fingerprint density at radius 1 is 0.765 bits per heavy atom. The molecule has 1 heterocycles. The zero-order valence-corrected chi connectivity index (χ0v) is 20.9. The van der Waals surface area contributed by atoms with Gasteiger partial charge in [-0.1, -0.05) is 91.0 Å². The third-order valence-corrected chi connectivity index (χ3v) is 7.48. The van der Waals surface area contributed by atoms with Gasteiger partial charge < -0.3 is 4.74 Å². The van der Waals surface area contributed by atoms with Gasteiger partial charge in [0.2, 0.25) is 0 Å². The van der Waals surface area contributed by atoms with E-state index in [1.165, 1.54) is 29.5 Å². The van der Waals surface area contributed by atoms with E-state index in [1.54, 1.807) is 0 Å². The highest BCUT2D eigenvalue weighted by molar-refractivity contribution is 14.1. The largest absolute Gasteiger partial charge is 0.493 e. The molecule has 0 saturated heterocycles. The molecule has 1 aromatic heterocycles. The van der Waals surface area contributed by atoms with Crippen molar-refractivity contribution in [3.05, 3.63) is 130 Å². The van der Waals surface area contributed by atoms with Crippen LogP contribution in [0.4, 0.5) is 0 Å². The van der Waals surface area contributed by atoms with E-state index in [2.05, 4.69) is 136 Å². The van der Waals surface area contributed by atoms with Gasteiger partial charge in [-0.05, 0) is 76.2 Å². The van der Waals surface area contributed by atoms with Crippen LogP contribution >= 0.6 is 22.6 Å². The highest BCUT2D eigenvalue weighted by Crippen LogP contribution is 2.43. The Hall–Kier alpha value is -3.12. The summed E-state index contributed by atoms with van der Waals surface area (Å²) in [6.45, 7) is 0.804. The van der Waals surface area contributed by atoms with E-state index in [9.17, 15) is 0 Å². The zero-order chi connectivity index (χ0) is 23.0. The molecule has 4 aromatic carbocycles. The maximum atomic E-state index is 6.10. The van der Waals surface area contributed by atoms with Crippen molar-refractivity contribution in [3.63, 3.8) is 0 Å². The summed E-state index contributed by atoms with van der Waals surface area (Å²) in [5, 5.41) is 6.30. The molecule has 6 rings (SSSR count). The molecule has 1 aliphatic rings. The maximum Gasteiger partial charge on any atom is 0.138 e. The van der Waals surface area contributed by atoms with E-state index in [0.29, 0.717) is 0 Å². The second kappa shape index (κ2) is 8.91. The van der Waals surface area contributed by atoms with Crippen molar-refractivity contribution in [2.24, 2.45) is 5.92 Å². The molecule has 1 aliphatic carbocycles. The van der Waals surface area contributed by atoms with Crippen molar-refractivity contribution >= 4 is 33.5 Å². The normalized spacial score (nSPS) is 13.8. The number of nitrogens with zero attached hydrogens (tertiary/aromatic N) is 2. The monoisotopic (exact) mass is 556 g/mol. The first-order chi connectivity index (χ1) is 16.8. The summed E-state index contributed by atoms with van der Waals surface area (Å²) < 4.78 is 9.27. The van der Waals surface area contributed by atoms with E-state index in [4.69, 9.17) is 9.84 Å². The summed E-state index contributed by atoms with van der Waals surface area (Å²) in [5.74, 6) is 1.64. The molecule has 3 nitrogen and oxygen atoms in total. The minimum Gasteiger partial charge on any atom is -0.493 e. The van der Waals surface area contributed by atoms with Gasteiger partial charge in [0.25, 0.3) is 0 Å². The first kappa shape index (κ1) is 21.4. The number of rotatable bonds is 7. The molecule has 0 atom stereocenters. The molecule has 0 unspecified atom stereocenters. The molecule has 0 aliphatic heterocycles. The van der Waals surface area contributed by atoms with Gasteiger partial charge in [0.15, 0.2) is 0 Å². The SMILES string of the molecule is Ic1nn(C(c2ccccc2)(c2ccccc2)c2ccccc2)c2ccc(OCC3CC3)cc12. The molecular formula is C30H25IN2O. The van der Waals surface area contributed by atoms with E-state index < -0.39 is 5.54 Å². The second-order valence-electron chi connectivity index (χ2n) is 8.94. The molecule has 1 saturated carbocycles. The minimum absolute atomic E-state index is 0.623. The van der Waals surface area contributed by atoms with Gasteiger partial charge in [-0.3, -0.25) is 0 Å². The number of aromatic nitrogens is 2. The Morgan fingerprint density at radius 3 is 1.79 bits per heavy atom. The van der Waals surface area contributed by atoms with Crippen LogP contribution in [0.2, 0.25) is 0 Å². The van der Waals surface area contributed by atoms with E-state index in [1.807, 2.05) is 0 Å². The summed E-state index contributed by atoms with van der Waals surface area (Å²) in [6.07, 6.45) is 2.57. The van der Waals surface area contributed by atoms with Crippen molar-refractivity contribution in [1.29, 1.82) is 0 Å². The van der Waals surface area contributed by atoms with Crippen LogP contribution in [0.15, 0.2) is 109 Å². The molecule has 34 heavy (non-hydrogen) atoms. The standard InChI is InChI=1S/C30H25IN2O/c31-29-27-20-26(34-21-22-16-17-22)18-19-28(27)33(32-29)30(23-10-4-1-5-11-23,24-12-6-2-7-13-24)25-14-8-3-9-15-25/h1-15,18-20,22H,16-17,21H2. The molecule has 0 N–H and O–H groups in total. The Kier molecular flexibility index (Phi) is 5.61.